The van der Waals surface area contributed by atoms with Crippen LogP contribution in [-0.2, 0) is 14.3 Å². The molecule has 1 rings (SSSR count). The minimum absolute atomic E-state index is 0.00203. The molecular formula is C17H25N3O5. The van der Waals surface area contributed by atoms with Crippen LogP contribution in [0.4, 0.5) is 10.5 Å². The van der Waals surface area contributed by atoms with E-state index in [-0.39, 0.29) is 12.8 Å². The molecule has 1 aromatic rings. The van der Waals surface area contributed by atoms with Crippen LogP contribution in [0.5, 0.6) is 0 Å². The van der Waals surface area contributed by atoms with E-state index in [0.29, 0.717) is 5.69 Å². The van der Waals surface area contributed by atoms with Gasteiger partial charge in [-0.05, 0) is 45.7 Å². The number of para-hydroxylation sites is 1. The Morgan fingerprint density at radius 3 is 2.28 bits per heavy atom. The fourth-order valence-corrected chi connectivity index (χ4v) is 1.95. The highest BCUT2D eigenvalue weighted by atomic mass is 16.6. The zero-order valence-corrected chi connectivity index (χ0v) is 14.6. The Bertz CT molecular complexity index is 598. The number of esters is 1. The molecule has 0 saturated heterocycles. The number of aliphatic carboxylic acids is 1. The van der Waals surface area contributed by atoms with Crippen molar-refractivity contribution in [2.45, 2.75) is 51.3 Å². The van der Waals surface area contributed by atoms with Crippen molar-refractivity contribution in [1.82, 2.24) is 5.32 Å². The molecule has 2 amide bonds. The van der Waals surface area contributed by atoms with Gasteiger partial charge in [0.15, 0.2) is 0 Å². The second kappa shape index (κ2) is 9.03. The van der Waals surface area contributed by atoms with Crippen LogP contribution in [0.25, 0.3) is 0 Å². The van der Waals surface area contributed by atoms with Gasteiger partial charge in [-0.1, -0.05) is 18.2 Å². The van der Waals surface area contributed by atoms with E-state index in [1.54, 1.807) is 51.1 Å². The van der Waals surface area contributed by atoms with Crippen LogP contribution in [0.15, 0.2) is 30.3 Å². The molecule has 0 aliphatic carbocycles. The van der Waals surface area contributed by atoms with E-state index in [9.17, 15) is 19.5 Å². The fourth-order valence-electron chi connectivity index (χ4n) is 1.95. The van der Waals surface area contributed by atoms with Gasteiger partial charge in [-0.3, -0.25) is 4.79 Å². The molecule has 5 N–H and O–H groups in total. The van der Waals surface area contributed by atoms with Crippen LogP contribution in [0, 0.1) is 0 Å². The summed E-state index contributed by atoms with van der Waals surface area (Å²) in [7, 11) is 0. The Hall–Kier alpha value is -2.61. The van der Waals surface area contributed by atoms with Gasteiger partial charge < -0.3 is 26.2 Å². The van der Waals surface area contributed by atoms with E-state index in [0.717, 1.165) is 0 Å². The van der Waals surface area contributed by atoms with Crippen molar-refractivity contribution >= 4 is 23.7 Å². The molecule has 2 atom stereocenters. The molecule has 2 unspecified atom stereocenters. The summed E-state index contributed by atoms with van der Waals surface area (Å²) in [5, 5.41) is 14.1. The Morgan fingerprint density at radius 1 is 1.16 bits per heavy atom. The van der Waals surface area contributed by atoms with Crippen LogP contribution >= 0.6 is 0 Å². The minimum atomic E-state index is -1.21. The molecule has 0 aliphatic heterocycles. The lowest BCUT2D eigenvalue weighted by molar-refractivity contribution is -0.157. The first-order valence-electron chi connectivity index (χ1n) is 7.92. The molecule has 0 radical (unpaired) electrons. The lowest BCUT2D eigenvalue weighted by Crippen LogP contribution is -2.45. The first kappa shape index (κ1) is 20.4. The van der Waals surface area contributed by atoms with Gasteiger partial charge in [0.1, 0.15) is 17.7 Å². The van der Waals surface area contributed by atoms with Crippen molar-refractivity contribution in [3.63, 3.8) is 0 Å². The predicted molar refractivity (Wildman–Crippen MR) is 93.1 cm³/mol. The normalized spacial score (nSPS) is 13.4. The van der Waals surface area contributed by atoms with E-state index in [1.807, 2.05) is 0 Å². The monoisotopic (exact) mass is 351 g/mol. The van der Waals surface area contributed by atoms with Gasteiger partial charge in [-0.2, -0.15) is 0 Å². The highest BCUT2D eigenvalue weighted by Crippen LogP contribution is 2.11. The summed E-state index contributed by atoms with van der Waals surface area (Å²) in [6.45, 7) is 5.15. The number of carbonyl (C=O) groups is 3. The number of hydrogen-bond acceptors (Lipinski definition) is 5. The Morgan fingerprint density at radius 2 is 1.76 bits per heavy atom. The SMILES string of the molecule is CC(C)(C)OC(=O)C(N)CCC(NC(=O)Nc1ccccc1)C(=O)O. The van der Waals surface area contributed by atoms with Crippen molar-refractivity contribution in [3.05, 3.63) is 30.3 Å². The molecule has 0 heterocycles. The number of urea groups is 1. The van der Waals surface area contributed by atoms with Crippen molar-refractivity contribution in [1.29, 1.82) is 0 Å². The second-order valence-electron chi connectivity index (χ2n) is 6.57. The third-order valence-corrected chi connectivity index (χ3v) is 3.11. The third-order valence-electron chi connectivity index (χ3n) is 3.11. The number of nitrogens with two attached hydrogens (primary N) is 1. The number of carboxylic acids is 1. The predicted octanol–water partition coefficient (Wildman–Crippen LogP) is 1.71. The Balaban J connectivity index is 2.52. The van der Waals surface area contributed by atoms with Crippen molar-refractivity contribution in [3.8, 4) is 0 Å². The van der Waals surface area contributed by atoms with Gasteiger partial charge in [0.2, 0.25) is 0 Å². The molecule has 8 heteroatoms. The van der Waals surface area contributed by atoms with E-state index in [2.05, 4.69) is 10.6 Å². The largest absolute Gasteiger partial charge is 0.480 e. The molecule has 0 aromatic heterocycles. The zero-order valence-electron chi connectivity index (χ0n) is 14.6. The highest BCUT2D eigenvalue weighted by Gasteiger charge is 2.26. The van der Waals surface area contributed by atoms with E-state index in [1.165, 1.54) is 0 Å². The minimum Gasteiger partial charge on any atom is -0.480 e. The summed E-state index contributed by atoms with van der Waals surface area (Å²) < 4.78 is 5.14. The molecule has 0 aliphatic rings. The number of anilines is 1. The molecule has 8 nitrogen and oxygen atoms in total. The molecule has 0 spiro atoms. The van der Waals surface area contributed by atoms with Gasteiger partial charge >= 0.3 is 18.0 Å². The van der Waals surface area contributed by atoms with Crippen LogP contribution in [0.2, 0.25) is 0 Å². The molecule has 1 aromatic carbocycles. The number of carbonyl (C=O) groups excluding carboxylic acids is 2. The van der Waals surface area contributed by atoms with Gasteiger partial charge in [0, 0.05) is 5.69 Å². The molecule has 0 saturated carbocycles. The average Bonchev–Trinajstić information content (AvgIpc) is 2.50. The summed E-state index contributed by atoms with van der Waals surface area (Å²) in [6.07, 6.45) is 0.0649. The lowest BCUT2D eigenvalue weighted by Gasteiger charge is -2.23. The number of rotatable bonds is 7. The van der Waals surface area contributed by atoms with E-state index < -0.39 is 35.7 Å². The van der Waals surface area contributed by atoms with E-state index in [4.69, 9.17) is 10.5 Å². The fraction of sp³-hybridized carbons (Fsp3) is 0.471. The summed E-state index contributed by atoms with van der Waals surface area (Å²) in [5.74, 6) is -1.81. The number of nitrogens with one attached hydrogen (secondary N) is 2. The number of hydrogen-bond donors (Lipinski definition) is 4. The van der Waals surface area contributed by atoms with Gasteiger partial charge in [-0.25, -0.2) is 9.59 Å². The Labute approximate surface area is 146 Å². The summed E-state index contributed by atoms with van der Waals surface area (Å²) in [6, 6.07) is 5.85. The first-order chi connectivity index (χ1) is 11.6. The van der Waals surface area contributed by atoms with E-state index >= 15 is 0 Å². The lowest BCUT2D eigenvalue weighted by atomic mass is 10.1. The summed E-state index contributed by atoms with van der Waals surface area (Å²) in [4.78, 5) is 35.0. The summed E-state index contributed by atoms with van der Waals surface area (Å²) >= 11 is 0. The number of amides is 2. The number of carboxylic acid groups (broad SMARTS) is 1. The van der Waals surface area contributed by atoms with Crippen LogP contribution in [0.3, 0.4) is 0 Å². The molecular weight excluding hydrogens is 326 g/mol. The van der Waals surface area contributed by atoms with Gasteiger partial charge in [-0.15, -0.1) is 0 Å². The Kier molecular flexibility index (Phi) is 7.38. The molecule has 138 valence electrons. The smallest absolute Gasteiger partial charge is 0.326 e. The third kappa shape index (κ3) is 8.16. The van der Waals surface area contributed by atoms with Crippen LogP contribution in [-0.4, -0.2) is 40.8 Å². The van der Waals surface area contributed by atoms with Crippen molar-refractivity contribution in [2.24, 2.45) is 5.73 Å². The maximum absolute atomic E-state index is 11.9. The van der Waals surface area contributed by atoms with Crippen molar-refractivity contribution < 1.29 is 24.2 Å². The maximum Gasteiger partial charge on any atom is 0.326 e. The average molecular weight is 351 g/mol. The first-order valence-corrected chi connectivity index (χ1v) is 7.92. The van der Waals surface area contributed by atoms with Gasteiger partial charge in [0.05, 0.1) is 0 Å². The highest BCUT2D eigenvalue weighted by molar-refractivity contribution is 5.92. The maximum atomic E-state index is 11.9. The van der Waals surface area contributed by atoms with Gasteiger partial charge in [0.25, 0.3) is 0 Å². The zero-order chi connectivity index (χ0) is 19.0. The quantitative estimate of drug-likeness (QED) is 0.553. The van der Waals surface area contributed by atoms with Crippen molar-refractivity contribution in [2.75, 3.05) is 5.32 Å². The number of benzene rings is 1. The topological polar surface area (TPSA) is 131 Å². The summed E-state index contributed by atoms with van der Waals surface area (Å²) in [5.41, 5.74) is 5.60. The molecule has 0 bridgehead atoms. The second-order valence-corrected chi connectivity index (χ2v) is 6.57. The molecule has 0 fully saturated rings. The standard InChI is InChI=1S/C17H25N3O5/c1-17(2,3)25-15(23)12(18)9-10-13(14(21)22)20-16(24)19-11-7-5-4-6-8-11/h4-8,12-13H,9-10,18H2,1-3H3,(H,21,22)(H2,19,20,24). The number of ether oxygens (including phenoxy) is 1. The van der Waals surface area contributed by atoms with Crippen LogP contribution in [0.1, 0.15) is 33.6 Å². The van der Waals surface area contributed by atoms with Crippen LogP contribution < -0.4 is 16.4 Å². The molecule has 25 heavy (non-hydrogen) atoms.